The normalized spacial score (nSPS) is 19.2. The molecule has 2 aliphatic heterocycles. The van der Waals surface area contributed by atoms with Gasteiger partial charge >= 0.3 is 0 Å². The van der Waals surface area contributed by atoms with Crippen molar-refractivity contribution in [3.63, 3.8) is 0 Å². The molecule has 0 saturated carbocycles. The van der Waals surface area contributed by atoms with Crippen LogP contribution >= 0.6 is 0 Å². The van der Waals surface area contributed by atoms with Crippen LogP contribution in [0.25, 0.3) is 5.70 Å². The van der Waals surface area contributed by atoms with Crippen LogP contribution in [0.15, 0.2) is 90.8 Å². The van der Waals surface area contributed by atoms with E-state index in [0.717, 1.165) is 22.4 Å². The highest BCUT2D eigenvalue weighted by molar-refractivity contribution is 5.85. The lowest BCUT2D eigenvalue weighted by atomic mass is 9.84. The van der Waals surface area contributed by atoms with Crippen molar-refractivity contribution in [1.29, 1.82) is 0 Å². The van der Waals surface area contributed by atoms with E-state index in [1.807, 2.05) is 65.3 Å². The van der Waals surface area contributed by atoms with E-state index in [1.165, 1.54) is 12.4 Å². The van der Waals surface area contributed by atoms with Crippen LogP contribution < -0.4 is 10.1 Å². The zero-order valence-electron chi connectivity index (χ0n) is 15.9. The number of halogens is 1. The van der Waals surface area contributed by atoms with Crippen LogP contribution in [-0.4, -0.2) is 14.8 Å². The highest BCUT2D eigenvalue weighted by Gasteiger charge is 2.41. The van der Waals surface area contributed by atoms with Crippen LogP contribution in [0.5, 0.6) is 5.75 Å². The summed E-state index contributed by atoms with van der Waals surface area (Å²) in [6.07, 6.45) is 0.924. The Kier molecular flexibility index (Phi) is 3.71. The number of fused-ring (bicyclic) bond motifs is 3. The summed E-state index contributed by atoms with van der Waals surface area (Å²) in [5, 5.41) is 7.89. The Balaban J connectivity index is 1.66. The molecule has 0 spiro atoms. The second kappa shape index (κ2) is 6.56. The van der Waals surface area contributed by atoms with Crippen LogP contribution in [0.1, 0.15) is 28.8 Å². The maximum Gasteiger partial charge on any atom is 0.226 e. The molecule has 1 aromatic heterocycles. The van der Waals surface area contributed by atoms with Crippen molar-refractivity contribution < 1.29 is 9.13 Å². The lowest BCUT2D eigenvalue weighted by Crippen LogP contribution is -2.32. The van der Waals surface area contributed by atoms with E-state index in [2.05, 4.69) is 15.4 Å². The van der Waals surface area contributed by atoms with Gasteiger partial charge in [-0.25, -0.2) is 9.07 Å². The quantitative estimate of drug-likeness (QED) is 0.519. The van der Waals surface area contributed by atoms with E-state index in [1.54, 1.807) is 12.1 Å². The van der Waals surface area contributed by atoms with Crippen LogP contribution in [0.4, 0.5) is 10.3 Å². The Morgan fingerprint density at radius 3 is 2.53 bits per heavy atom. The first-order valence-electron chi connectivity index (χ1n) is 9.77. The molecule has 0 fully saturated rings. The molecular formula is C24H17FN4O. The topological polar surface area (TPSA) is 52.0 Å². The van der Waals surface area contributed by atoms with Crippen molar-refractivity contribution in [3.8, 4) is 5.75 Å². The molecule has 2 aliphatic rings. The van der Waals surface area contributed by atoms with Gasteiger partial charge in [0.25, 0.3) is 0 Å². The summed E-state index contributed by atoms with van der Waals surface area (Å²) in [5.74, 6) is 1.05. The SMILES string of the molecule is Fc1ccccc1[C@@H]1Oc2ccccc2C2=C1[C@@H](c1ccccc1)n1ncnc1N2. The third-order valence-electron chi connectivity index (χ3n) is 5.62. The molecule has 4 aromatic rings. The van der Waals surface area contributed by atoms with Crippen molar-refractivity contribution in [1.82, 2.24) is 14.8 Å². The summed E-state index contributed by atoms with van der Waals surface area (Å²) in [6.45, 7) is 0. The smallest absolute Gasteiger partial charge is 0.226 e. The molecular weight excluding hydrogens is 379 g/mol. The summed E-state index contributed by atoms with van der Waals surface area (Å²) < 4.78 is 23.2. The summed E-state index contributed by atoms with van der Waals surface area (Å²) in [6, 6.07) is 24.3. The van der Waals surface area contributed by atoms with Crippen molar-refractivity contribution in [2.75, 3.05) is 5.32 Å². The lowest BCUT2D eigenvalue weighted by Gasteiger charge is -2.39. The van der Waals surface area contributed by atoms with E-state index in [-0.39, 0.29) is 11.9 Å². The minimum absolute atomic E-state index is 0.280. The van der Waals surface area contributed by atoms with Gasteiger partial charge in [0.1, 0.15) is 23.9 Å². The molecule has 0 bridgehead atoms. The first-order chi connectivity index (χ1) is 14.8. The Morgan fingerprint density at radius 1 is 0.900 bits per heavy atom. The zero-order valence-corrected chi connectivity index (χ0v) is 15.9. The first-order valence-corrected chi connectivity index (χ1v) is 9.77. The summed E-state index contributed by atoms with van der Waals surface area (Å²) in [4.78, 5) is 4.40. The Labute approximate surface area is 172 Å². The molecule has 0 radical (unpaired) electrons. The van der Waals surface area contributed by atoms with Gasteiger partial charge in [-0.05, 0) is 23.8 Å². The molecule has 1 N–H and O–H groups in total. The number of para-hydroxylation sites is 1. The van der Waals surface area contributed by atoms with E-state index in [0.29, 0.717) is 17.3 Å². The van der Waals surface area contributed by atoms with E-state index in [4.69, 9.17) is 4.74 Å². The molecule has 2 atom stereocenters. The number of rotatable bonds is 2. The average molecular weight is 396 g/mol. The molecule has 0 saturated heterocycles. The third kappa shape index (κ3) is 2.47. The fraction of sp³-hybridized carbons (Fsp3) is 0.0833. The van der Waals surface area contributed by atoms with Crippen LogP contribution in [0.2, 0.25) is 0 Å². The molecule has 0 unspecified atom stereocenters. The van der Waals surface area contributed by atoms with Crippen molar-refractivity contribution in [2.24, 2.45) is 0 Å². The second-order valence-corrected chi connectivity index (χ2v) is 7.31. The fourth-order valence-corrected chi connectivity index (χ4v) is 4.32. The largest absolute Gasteiger partial charge is 0.480 e. The van der Waals surface area contributed by atoms with Gasteiger partial charge in [-0.3, -0.25) is 0 Å². The van der Waals surface area contributed by atoms with Gasteiger partial charge in [-0.1, -0.05) is 60.7 Å². The van der Waals surface area contributed by atoms with Crippen molar-refractivity contribution >= 4 is 11.6 Å². The molecule has 0 amide bonds. The number of nitrogens with zero attached hydrogens (tertiary/aromatic N) is 3. The predicted molar refractivity (Wildman–Crippen MR) is 111 cm³/mol. The molecule has 3 heterocycles. The zero-order chi connectivity index (χ0) is 20.1. The van der Waals surface area contributed by atoms with Crippen molar-refractivity contribution in [3.05, 3.63) is 113 Å². The van der Waals surface area contributed by atoms with E-state index >= 15 is 0 Å². The highest BCUT2D eigenvalue weighted by Crippen LogP contribution is 2.50. The monoisotopic (exact) mass is 396 g/mol. The number of ether oxygens (including phenoxy) is 1. The fourth-order valence-electron chi connectivity index (χ4n) is 4.32. The lowest BCUT2D eigenvalue weighted by molar-refractivity contribution is 0.218. The summed E-state index contributed by atoms with van der Waals surface area (Å²) in [7, 11) is 0. The maximum absolute atomic E-state index is 14.9. The maximum atomic E-state index is 14.9. The van der Waals surface area contributed by atoms with Crippen LogP contribution in [-0.2, 0) is 0 Å². The number of hydrogen-bond donors (Lipinski definition) is 1. The van der Waals surface area contributed by atoms with Gasteiger partial charge in [0.2, 0.25) is 5.95 Å². The highest BCUT2D eigenvalue weighted by atomic mass is 19.1. The predicted octanol–water partition coefficient (Wildman–Crippen LogP) is 4.98. The molecule has 5 nitrogen and oxygen atoms in total. The second-order valence-electron chi connectivity index (χ2n) is 7.31. The van der Waals surface area contributed by atoms with Gasteiger partial charge in [0.15, 0.2) is 6.10 Å². The number of hydrogen-bond acceptors (Lipinski definition) is 4. The number of aromatic nitrogens is 3. The van der Waals surface area contributed by atoms with Gasteiger partial charge < -0.3 is 10.1 Å². The Hall–Kier alpha value is -3.93. The summed E-state index contributed by atoms with van der Waals surface area (Å²) >= 11 is 0. The number of anilines is 1. The molecule has 146 valence electrons. The number of benzene rings is 3. The Bertz CT molecular complexity index is 1280. The van der Waals surface area contributed by atoms with Gasteiger partial charge in [-0.15, -0.1) is 0 Å². The first kappa shape index (κ1) is 17.0. The molecule has 3 aromatic carbocycles. The van der Waals surface area contributed by atoms with Crippen molar-refractivity contribution in [2.45, 2.75) is 12.1 Å². The van der Waals surface area contributed by atoms with Crippen LogP contribution in [0.3, 0.4) is 0 Å². The summed E-state index contributed by atoms with van der Waals surface area (Å²) in [5.41, 5.74) is 4.24. The molecule has 0 aliphatic carbocycles. The molecule has 30 heavy (non-hydrogen) atoms. The minimum Gasteiger partial charge on any atom is -0.480 e. The average Bonchev–Trinajstić information content (AvgIpc) is 3.26. The van der Waals surface area contributed by atoms with Gasteiger partial charge in [0, 0.05) is 16.7 Å². The standard InChI is InChI=1S/C24H17FN4O/c25-18-12-6-4-10-16(18)23-20-21(17-11-5-7-13-19(17)30-23)28-24-26-14-27-29(24)22(20)15-8-2-1-3-9-15/h1-14,22-23H,(H,26,27,28)/t22-,23+/m1/s1. The van der Waals surface area contributed by atoms with Gasteiger partial charge in [-0.2, -0.15) is 10.1 Å². The minimum atomic E-state index is -0.605. The molecule has 6 rings (SSSR count). The molecule has 6 heteroatoms. The van der Waals surface area contributed by atoms with Crippen LogP contribution in [0, 0.1) is 5.82 Å². The number of nitrogens with one attached hydrogen (secondary N) is 1. The van der Waals surface area contributed by atoms with Gasteiger partial charge in [0.05, 0.1) is 5.70 Å². The van der Waals surface area contributed by atoms with E-state index < -0.39 is 6.10 Å². The Morgan fingerprint density at radius 2 is 1.67 bits per heavy atom. The third-order valence-corrected chi connectivity index (χ3v) is 5.62. The van der Waals surface area contributed by atoms with E-state index in [9.17, 15) is 4.39 Å².